The molecular weight excluding hydrogens is 222 g/mol. The summed E-state index contributed by atoms with van der Waals surface area (Å²) in [6, 6.07) is 9.55. The van der Waals surface area contributed by atoms with Crippen LogP contribution in [-0.2, 0) is 0 Å². The number of hydrazine groups is 1. The van der Waals surface area contributed by atoms with Gasteiger partial charge in [-0.1, -0.05) is 23.7 Å². The molecule has 0 saturated carbocycles. The van der Waals surface area contributed by atoms with Gasteiger partial charge in [-0.25, -0.2) is 0 Å². The first-order valence-electron chi connectivity index (χ1n) is 4.90. The number of halogens is 1. The van der Waals surface area contributed by atoms with Crippen molar-refractivity contribution in [2.75, 3.05) is 5.43 Å². The molecule has 0 aliphatic rings. The summed E-state index contributed by atoms with van der Waals surface area (Å²) in [5, 5.41) is 0.741. The van der Waals surface area contributed by atoms with Crippen molar-refractivity contribution in [1.29, 1.82) is 0 Å². The van der Waals surface area contributed by atoms with E-state index in [2.05, 4.69) is 10.4 Å². The van der Waals surface area contributed by atoms with Gasteiger partial charge in [-0.05, 0) is 30.7 Å². The van der Waals surface area contributed by atoms with Gasteiger partial charge in [0.1, 0.15) is 0 Å². The molecule has 16 heavy (non-hydrogen) atoms. The zero-order chi connectivity index (χ0) is 11.5. The lowest BCUT2D eigenvalue weighted by Crippen LogP contribution is -2.06. The molecule has 4 heteroatoms. The average Bonchev–Trinajstić information content (AvgIpc) is 2.33. The summed E-state index contributed by atoms with van der Waals surface area (Å²) in [7, 11) is 0. The van der Waals surface area contributed by atoms with Gasteiger partial charge < -0.3 is 5.43 Å². The molecule has 1 aromatic heterocycles. The fourth-order valence-electron chi connectivity index (χ4n) is 1.43. The number of hydrogen-bond donors (Lipinski definition) is 2. The molecule has 82 valence electrons. The topological polar surface area (TPSA) is 50.9 Å². The number of anilines is 1. The van der Waals surface area contributed by atoms with Gasteiger partial charge in [0.15, 0.2) is 0 Å². The molecule has 0 aliphatic carbocycles. The molecule has 0 fully saturated rings. The van der Waals surface area contributed by atoms with Crippen molar-refractivity contribution in [2.24, 2.45) is 5.84 Å². The Hall–Kier alpha value is -1.58. The van der Waals surface area contributed by atoms with Crippen LogP contribution in [-0.4, -0.2) is 4.98 Å². The van der Waals surface area contributed by atoms with Gasteiger partial charge in [0.25, 0.3) is 0 Å². The molecule has 0 aliphatic heterocycles. The van der Waals surface area contributed by atoms with Gasteiger partial charge in [-0.3, -0.25) is 10.8 Å². The Labute approximate surface area is 99.2 Å². The number of nitrogens with two attached hydrogens (primary N) is 1. The molecule has 1 heterocycles. The first-order chi connectivity index (χ1) is 7.70. The van der Waals surface area contributed by atoms with Crippen molar-refractivity contribution in [3.8, 4) is 11.3 Å². The van der Waals surface area contributed by atoms with Crippen molar-refractivity contribution in [3.63, 3.8) is 0 Å². The second-order valence-electron chi connectivity index (χ2n) is 3.54. The highest BCUT2D eigenvalue weighted by molar-refractivity contribution is 6.31. The summed E-state index contributed by atoms with van der Waals surface area (Å²) in [6.07, 6.45) is 1.71. The Morgan fingerprint density at radius 2 is 2.06 bits per heavy atom. The summed E-state index contributed by atoms with van der Waals surface area (Å²) in [4.78, 5) is 4.27. The molecular formula is C12H12ClN3. The first-order valence-corrected chi connectivity index (χ1v) is 5.27. The monoisotopic (exact) mass is 233 g/mol. The second kappa shape index (κ2) is 4.51. The Bertz CT molecular complexity index is 511. The van der Waals surface area contributed by atoms with E-state index in [9.17, 15) is 0 Å². The lowest BCUT2D eigenvalue weighted by Gasteiger charge is -2.05. The maximum absolute atomic E-state index is 6.07. The number of hydrogen-bond acceptors (Lipinski definition) is 3. The van der Waals surface area contributed by atoms with E-state index in [1.807, 2.05) is 31.2 Å². The highest BCUT2D eigenvalue weighted by atomic mass is 35.5. The molecule has 2 rings (SSSR count). The van der Waals surface area contributed by atoms with E-state index in [-0.39, 0.29) is 0 Å². The SMILES string of the molecule is Cc1ccc(-c2cc(NN)ccn2)cc1Cl. The zero-order valence-corrected chi connectivity index (χ0v) is 9.62. The lowest BCUT2D eigenvalue weighted by molar-refractivity contribution is 1.28. The molecule has 0 bridgehead atoms. The Balaban J connectivity index is 2.46. The van der Waals surface area contributed by atoms with Crippen LogP contribution in [0.2, 0.25) is 5.02 Å². The first kappa shape index (κ1) is 10.9. The molecule has 3 N–H and O–H groups in total. The molecule has 0 atom stereocenters. The second-order valence-corrected chi connectivity index (χ2v) is 3.95. The number of pyridine rings is 1. The summed E-state index contributed by atoms with van der Waals surface area (Å²) >= 11 is 6.07. The standard InChI is InChI=1S/C12H12ClN3/c1-8-2-3-9(6-11(8)13)12-7-10(16-14)4-5-15-12/h2-7H,14H2,1H3,(H,15,16). The number of nitrogen functional groups attached to an aromatic ring is 1. The predicted molar refractivity (Wildman–Crippen MR) is 67.2 cm³/mol. The van der Waals surface area contributed by atoms with Crippen molar-refractivity contribution in [2.45, 2.75) is 6.92 Å². The minimum Gasteiger partial charge on any atom is -0.324 e. The third kappa shape index (κ3) is 2.15. The van der Waals surface area contributed by atoms with Gasteiger partial charge >= 0.3 is 0 Å². The van der Waals surface area contributed by atoms with E-state index in [1.165, 1.54) is 0 Å². The summed E-state index contributed by atoms with van der Waals surface area (Å²) in [5.74, 6) is 5.35. The van der Waals surface area contributed by atoms with E-state index in [0.717, 1.165) is 27.5 Å². The van der Waals surface area contributed by atoms with Crippen molar-refractivity contribution in [3.05, 3.63) is 47.1 Å². The minimum absolute atomic E-state index is 0.741. The largest absolute Gasteiger partial charge is 0.324 e. The molecule has 0 radical (unpaired) electrons. The number of aryl methyl sites for hydroxylation is 1. The quantitative estimate of drug-likeness (QED) is 0.619. The number of benzene rings is 1. The van der Waals surface area contributed by atoms with Gasteiger partial charge in [0.2, 0.25) is 0 Å². The van der Waals surface area contributed by atoms with E-state index >= 15 is 0 Å². The maximum atomic E-state index is 6.07. The number of rotatable bonds is 2. The summed E-state index contributed by atoms with van der Waals surface area (Å²) in [5.41, 5.74) is 6.29. The maximum Gasteiger partial charge on any atom is 0.0723 e. The van der Waals surface area contributed by atoms with Crippen molar-refractivity contribution in [1.82, 2.24) is 4.98 Å². The minimum atomic E-state index is 0.741. The fraction of sp³-hybridized carbons (Fsp3) is 0.0833. The fourth-order valence-corrected chi connectivity index (χ4v) is 1.61. The van der Waals surface area contributed by atoms with Crippen molar-refractivity contribution < 1.29 is 0 Å². The molecule has 2 aromatic rings. The van der Waals surface area contributed by atoms with Crippen LogP contribution < -0.4 is 11.3 Å². The van der Waals surface area contributed by atoms with E-state index in [1.54, 1.807) is 12.3 Å². The van der Waals surface area contributed by atoms with Gasteiger partial charge in [0.05, 0.1) is 11.4 Å². The number of nitrogens with one attached hydrogen (secondary N) is 1. The molecule has 0 spiro atoms. The Morgan fingerprint density at radius 1 is 1.25 bits per heavy atom. The van der Waals surface area contributed by atoms with Crippen LogP contribution in [0.3, 0.4) is 0 Å². The summed E-state index contributed by atoms with van der Waals surface area (Å²) < 4.78 is 0. The van der Waals surface area contributed by atoms with Crippen LogP contribution in [0.1, 0.15) is 5.56 Å². The smallest absolute Gasteiger partial charge is 0.0723 e. The van der Waals surface area contributed by atoms with Crippen LogP contribution in [0.15, 0.2) is 36.5 Å². The van der Waals surface area contributed by atoms with Crippen LogP contribution in [0, 0.1) is 6.92 Å². The zero-order valence-electron chi connectivity index (χ0n) is 8.87. The van der Waals surface area contributed by atoms with Crippen molar-refractivity contribution >= 4 is 17.3 Å². The lowest BCUT2D eigenvalue weighted by atomic mass is 10.1. The molecule has 0 unspecified atom stereocenters. The van der Waals surface area contributed by atoms with E-state index < -0.39 is 0 Å². The third-order valence-corrected chi connectivity index (χ3v) is 2.80. The van der Waals surface area contributed by atoms with Gasteiger partial charge in [-0.15, -0.1) is 0 Å². The molecule has 3 nitrogen and oxygen atoms in total. The predicted octanol–water partition coefficient (Wildman–Crippen LogP) is 3.00. The summed E-state index contributed by atoms with van der Waals surface area (Å²) in [6.45, 7) is 1.97. The molecule has 0 saturated heterocycles. The Kier molecular flexibility index (Phi) is 3.08. The molecule has 1 aromatic carbocycles. The van der Waals surface area contributed by atoms with Gasteiger partial charge in [-0.2, -0.15) is 0 Å². The average molecular weight is 234 g/mol. The van der Waals surface area contributed by atoms with Crippen LogP contribution >= 0.6 is 11.6 Å². The molecule has 0 amide bonds. The normalized spacial score (nSPS) is 10.2. The van der Waals surface area contributed by atoms with Crippen LogP contribution in [0.5, 0.6) is 0 Å². The van der Waals surface area contributed by atoms with E-state index in [0.29, 0.717) is 0 Å². The Morgan fingerprint density at radius 3 is 2.75 bits per heavy atom. The van der Waals surface area contributed by atoms with E-state index in [4.69, 9.17) is 17.4 Å². The number of aromatic nitrogens is 1. The third-order valence-electron chi connectivity index (χ3n) is 2.39. The highest BCUT2D eigenvalue weighted by Gasteiger charge is 2.02. The highest BCUT2D eigenvalue weighted by Crippen LogP contribution is 2.25. The number of nitrogens with zero attached hydrogens (tertiary/aromatic N) is 1. The van der Waals surface area contributed by atoms with Gasteiger partial charge in [0, 0.05) is 16.8 Å². The van der Waals surface area contributed by atoms with Crippen LogP contribution in [0.4, 0.5) is 5.69 Å². The van der Waals surface area contributed by atoms with Crippen LogP contribution in [0.25, 0.3) is 11.3 Å².